The molecule has 1 fully saturated rings. The van der Waals surface area contributed by atoms with Crippen LogP contribution in [0.2, 0.25) is 0 Å². The van der Waals surface area contributed by atoms with Crippen molar-refractivity contribution in [3.05, 3.63) is 28.5 Å². The summed E-state index contributed by atoms with van der Waals surface area (Å²) in [5, 5.41) is 0.780. The van der Waals surface area contributed by atoms with E-state index in [0.29, 0.717) is 6.04 Å². The fraction of sp³-hybridized carbons (Fsp3) is 0.529. The zero-order valence-electron chi connectivity index (χ0n) is 14.1. The maximum absolute atomic E-state index is 12.8. The molecule has 0 aromatic carbocycles. The Kier molecular flexibility index (Phi) is 4.55. The summed E-state index contributed by atoms with van der Waals surface area (Å²) < 4.78 is 5.62. The lowest BCUT2D eigenvalue weighted by Gasteiger charge is -2.35. The highest BCUT2D eigenvalue weighted by Gasteiger charge is 2.27. The van der Waals surface area contributed by atoms with Gasteiger partial charge in [-0.3, -0.25) is 4.79 Å². The summed E-state index contributed by atoms with van der Waals surface area (Å²) in [5.74, 6) is 1.69. The van der Waals surface area contributed by atoms with E-state index < -0.39 is 0 Å². The molecular weight excluding hydrogens is 310 g/mol. The summed E-state index contributed by atoms with van der Waals surface area (Å²) in [7, 11) is 4.21. The van der Waals surface area contributed by atoms with E-state index in [4.69, 9.17) is 4.42 Å². The Hall–Kier alpha value is -1.66. The van der Waals surface area contributed by atoms with Crippen LogP contribution in [0.25, 0.3) is 10.8 Å². The number of rotatable bonds is 3. The molecule has 124 valence electrons. The van der Waals surface area contributed by atoms with E-state index in [1.54, 1.807) is 0 Å². The largest absolute Gasteiger partial charge is 0.459 e. The molecule has 0 atom stereocenters. The number of amides is 1. The lowest BCUT2D eigenvalue weighted by Crippen LogP contribution is -2.44. The Labute approximate surface area is 140 Å². The topological polar surface area (TPSA) is 49.6 Å². The fourth-order valence-corrected chi connectivity index (χ4v) is 3.97. The third-order valence-electron chi connectivity index (χ3n) is 4.42. The number of piperidine rings is 1. The van der Waals surface area contributed by atoms with Crippen molar-refractivity contribution in [3.63, 3.8) is 0 Å². The number of carbonyl (C=O) groups excluding carboxylic acids is 1. The molecule has 1 amide bonds. The van der Waals surface area contributed by atoms with Gasteiger partial charge >= 0.3 is 0 Å². The van der Waals surface area contributed by atoms with E-state index in [1.165, 1.54) is 11.3 Å². The SMILES string of the molecule is Cc1ccc(-c2nc(C)c(C(=O)N3CCC(N(C)C)CC3)s2)o1. The number of aromatic nitrogens is 1. The molecule has 0 aliphatic carbocycles. The highest BCUT2D eigenvalue weighted by molar-refractivity contribution is 7.17. The first-order valence-corrected chi connectivity index (χ1v) is 8.77. The van der Waals surface area contributed by atoms with Gasteiger partial charge in [-0.05, 0) is 52.9 Å². The van der Waals surface area contributed by atoms with Crippen LogP contribution >= 0.6 is 11.3 Å². The minimum absolute atomic E-state index is 0.103. The van der Waals surface area contributed by atoms with Crippen LogP contribution in [0.15, 0.2) is 16.5 Å². The summed E-state index contributed by atoms with van der Waals surface area (Å²) in [4.78, 5) is 22.3. The number of hydrogen-bond acceptors (Lipinski definition) is 5. The number of furan rings is 1. The molecule has 1 saturated heterocycles. The van der Waals surface area contributed by atoms with Crippen molar-refractivity contribution in [1.29, 1.82) is 0 Å². The van der Waals surface area contributed by atoms with Crippen molar-refractivity contribution in [3.8, 4) is 10.8 Å². The third-order valence-corrected chi connectivity index (χ3v) is 5.58. The predicted octanol–water partition coefficient (Wildman–Crippen LogP) is 3.19. The molecule has 0 N–H and O–H groups in total. The standard InChI is InChI=1S/C17H23N3O2S/c1-11-5-6-14(22-11)16-18-12(2)15(23-16)17(21)20-9-7-13(8-10-20)19(3)4/h5-6,13H,7-10H2,1-4H3. The first-order valence-electron chi connectivity index (χ1n) is 7.95. The van der Waals surface area contributed by atoms with Gasteiger partial charge in [-0.15, -0.1) is 11.3 Å². The average molecular weight is 333 g/mol. The molecular formula is C17H23N3O2S. The lowest BCUT2D eigenvalue weighted by atomic mass is 10.0. The Balaban J connectivity index is 1.74. The Morgan fingerprint density at radius 2 is 2.00 bits per heavy atom. The van der Waals surface area contributed by atoms with Gasteiger partial charge in [0, 0.05) is 19.1 Å². The number of nitrogens with zero attached hydrogens (tertiary/aromatic N) is 3. The van der Waals surface area contributed by atoms with Crippen molar-refractivity contribution in [2.45, 2.75) is 32.7 Å². The molecule has 0 bridgehead atoms. The summed E-state index contributed by atoms with van der Waals surface area (Å²) in [6.07, 6.45) is 2.06. The number of aryl methyl sites for hydroxylation is 2. The molecule has 2 aromatic rings. The van der Waals surface area contributed by atoms with Gasteiger partial charge in [0.05, 0.1) is 5.69 Å². The van der Waals surface area contributed by atoms with Crippen LogP contribution in [0.5, 0.6) is 0 Å². The number of carbonyl (C=O) groups is 1. The third kappa shape index (κ3) is 3.33. The molecule has 5 nitrogen and oxygen atoms in total. The minimum Gasteiger partial charge on any atom is -0.459 e. The first kappa shape index (κ1) is 16.2. The van der Waals surface area contributed by atoms with Crippen LogP contribution in [-0.4, -0.2) is 53.9 Å². The van der Waals surface area contributed by atoms with E-state index >= 15 is 0 Å². The lowest BCUT2D eigenvalue weighted by molar-refractivity contribution is 0.0667. The second-order valence-electron chi connectivity index (χ2n) is 6.33. The molecule has 0 radical (unpaired) electrons. The molecule has 1 aliphatic rings. The van der Waals surface area contributed by atoms with Crippen LogP contribution in [-0.2, 0) is 0 Å². The van der Waals surface area contributed by atoms with Gasteiger partial charge in [-0.25, -0.2) is 4.98 Å². The van der Waals surface area contributed by atoms with E-state index in [1.807, 2.05) is 30.9 Å². The van der Waals surface area contributed by atoms with Gasteiger partial charge in [0.25, 0.3) is 5.91 Å². The van der Waals surface area contributed by atoms with E-state index in [2.05, 4.69) is 24.0 Å². The van der Waals surface area contributed by atoms with Crippen LogP contribution in [0.4, 0.5) is 0 Å². The fourth-order valence-electron chi connectivity index (χ4n) is 2.98. The van der Waals surface area contributed by atoms with Crippen molar-refractivity contribution in [1.82, 2.24) is 14.8 Å². The summed E-state index contributed by atoms with van der Waals surface area (Å²) in [5.41, 5.74) is 0.791. The van der Waals surface area contributed by atoms with Crippen molar-refractivity contribution in [2.24, 2.45) is 0 Å². The molecule has 3 rings (SSSR count). The first-order chi connectivity index (χ1) is 11.0. The van der Waals surface area contributed by atoms with E-state index in [9.17, 15) is 4.79 Å². The maximum atomic E-state index is 12.8. The maximum Gasteiger partial charge on any atom is 0.265 e. The number of hydrogen-bond donors (Lipinski definition) is 0. The normalized spacial score (nSPS) is 16.3. The molecule has 6 heteroatoms. The quantitative estimate of drug-likeness (QED) is 0.865. The second kappa shape index (κ2) is 6.45. The molecule has 23 heavy (non-hydrogen) atoms. The van der Waals surface area contributed by atoms with E-state index in [-0.39, 0.29) is 5.91 Å². The van der Waals surface area contributed by atoms with Gasteiger partial charge < -0.3 is 14.2 Å². The van der Waals surface area contributed by atoms with Crippen molar-refractivity contribution < 1.29 is 9.21 Å². The number of thiazole rings is 1. The van der Waals surface area contributed by atoms with Gasteiger partial charge in [0.2, 0.25) is 0 Å². The molecule has 0 unspecified atom stereocenters. The highest BCUT2D eigenvalue weighted by Crippen LogP contribution is 2.30. The van der Waals surface area contributed by atoms with Crippen molar-refractivity contribution in [2.75, 3.05) is 27.2 Å². The Morgan fingerprint density at radius 3 is 2.57 bits per heavy atom. The zero-order valence-corrected chi connectivity index (χ0v) is 14.9. The van der Waals surface area contributed by atoms with Crippen LogP contribution < -0.4 is 0 Å². The summed E-state index contributed by atoms with van der Waals surface area (Å²) in [6.45, 7) is 5.43. The molecule has 0 spiro atoms. The minimum atomic E-state index is 0.103. The van der Waals surface area contributed by atoms with Gasteiger partial charge in [0.1, 0.15) is 10.6 Å². The van der Waals surface area contributed by atoms with Crippen LogP contribution in [0, 0.1) is 13.8 Å². The second-order valence-corrected chi connectivity index (χ2v) is 7.33. The van der Waals surface area contributed by atoms with E-state index in [0.717, 1.165) is 53.0 Å². The van der Waals surface area contributed by atoms with Crippen molar-refractivity contribution >= 4 is 17.2 Å². The van der Waals surface area contributed by atoms with Gasteiger partial charge in [-0.1, -0.05) is 0 Å². The Morgan fingerprint density at radius 1 is 1.30 bits per heavy atom. The van der Waals surface area contributed by atoms with Crippen LogP contribution in [0.3, 0.4) is 0 Å². The molecule has 1 aliphatic heterocycles. The molecule has 0 saturated carbocycles. The smallest absolute Gasteiger partial charge is 0.265 e. The zero-order chi connectivity index (χ0) is 16.6. The number of likely N-dealkylation sites (tertiary alicyclic amines) is 1. The van der Waals surface area contributed by atoms with Gasteiger partial charge in [-0.2, -0.15) is 0 Å². The predicted molar refractivity (Wildman–Crippen MR) is 91.9 cm³/mol. The Bertz CT molecular complexity index is 697. The molecule has 3 heterocycles. The highest BCUT2D eigenvalue weighted by atomic mass is 32.1. The van der Waals surface area contributed by atoms with Gasteiger partial charge in [0.15, 0.2) is 10.8 Å². The average Bonchev–Trinajstić information content (AvgIpc) is 3.12. The summed E-state index contributed by atoms with van der Waals surface area (Å²) in [6, 6.07) is 4.40. The summed E-state index contributed by atoms with van der Waals surface area (Å²) >= 11 is 1.43. The monoisotopic (exact) mass is 333 g/mol. The van der Waals surface area contributed by atoms with Crippen LogP contribution in [0.1, 0.15) is 34.0 Å². The molecule has 2 aromatic heterocycles.